The zero-order valence-corrected chi connectivity index (χ0v) is 10.4. The lowest BCUT2D eigenvalue weighted by Crippen LogP contribution is -2.07. The van der Waals surface area contributed by atoms with Gasteiger partial charge in [-0.25, -0.2) is 4.39 Å². The van der Waals surface area contributed by atoms with Crippen molar-refractivity contribution in [3.05, 3.63) is 35.6 Å². The van der Waals surface area contributed by atoms with E-state index in [4.69, 9.17) is 0 Å². The predicted molar refractivity (Wildman–Crippen MR) is 66.5 cm³/mol. The first-order valence-corrected chi connectivity index (χ1v) is 6.61. The molecule has 0 spiro atoms. The molecule has 2 nitrogen and oxygen atoms in total. The number of halogens is 1. The Kier molecular flexibility index (Phi) is 5.49. The smallest absolute Gasteiger partial charge is 0.133 e. The van der Waals surface area contributed by atoms with E-state index in [1.807, 2.05) is 6.92 Å². The largest absolute Gasteiger partial charge is 0.591 e. The van der Waals surface area contributed by atoms with Gasteiger partial charge >= 0.3 is 0 Å². The molecule has 4 heteroatoms. The molecule has 1 unspecified atom stereocenters. The topological polar surface area (TPSA) is 35.4 Å². The highest BCUT2D eigenvalue weighted by Gasteiger charge is 2.09. The summed E-state index contributed by atoms with van der Waals surface area (Å²) >= 11 is -1.24. The van der Waals surface area contributed by atoms with Gasteiger partial charge in [0.1, 0.15) is 11.6 Å². The van der Waals surface area contributed by atoms with E-state index >= 15 is 0 Å². The summed E-state index contributed by atoms with van der Waals surface area (Å²) in [5, 5.41) is 0. The molecule has 16 heavy (non-hydrogen) atoms. The van der Waals surface area contributed by atoms with Crippen molar-refractivity contribution in [2.45, 2.75) is 26.7 Å². The summed E-state index contributed by atoms with van der Waals surface area (Å²) < 4.78 is 28.9. The van der Waals surface area contributed by atoms with Gasteiger partial charge in [-0.05, 0) is 19.4 Å². The van der Waals surface area contributed by atoms with Crippen molar-refractivity contribution < 1.29 is 8.94 Å². The second-order valence-corrected chi connectivity index (χ2v) is 4.77. The molecule has 0 saturated heterocycles. The third-order valence-electron chi connectivity index (χ3n) is 2.17. The summed E-state index contributed by atoms with van der Waals surface area (Å²) in [7, 11) is 0. The van der Waals surface area contributed by atoms with Crippen LogP contribution in [-0.4, -0.2) is 16.0 Å². The van der Waals surface area contributed by atoms with Gasteiger partial charge in [-0.2, -0.15) is 0 Å². The van der Waals surface area contributed by atoms with Gasteiger partial charge in [0.25, 0.3) is 0 Å². The zero-order chi connectivity index (χ0) is 12.0. The summed E-state index contributed by atoms with van der Waals surface area (Å²) in [6.07, 6.45) is 1.86. The third-order valence-corrected chi connectivity index (χ3v) is 3.29. The van der Waals surface area contributed by atoms with Gasteiger partial charge in [0.15, 0.2) is 0 Å². The number of rotatable bonds is 5. The maximum Gasteiger partial charge on any atom is 0.133 e. The monoisotopic (exact) mass is 241 g/mol. The molecule has 1 rings (SSSR count). The molecular formula is C12H16FNOS. The maximum absolute atomic E-state index is 13.4. The molecule has 0 amide bonds. The van der Waals surface area contributed by atoms with Crippen LogP contribution in [0.4, 0.5) is 4.39 Å². The minimum absolute atomic E-state index is 0.323. The van der Waals surface area contributed by atoms with E-state index < -0.39 is 11.4 Å². The van der Waals surface area contributed by atoms with Crippen LogP contribution in [0.2, 0.25) is 0 Å². The van der Waals surface area contributed by atoms with Gasteiger partial charge < -0.3 is 4.55 Å². The van der Waals surface area contributed by atoms with E-state index in [0.717, 1.165) is 12.8 Å². The van der Waals surface area contributed by atoms with Crippen molar-refractivity contribution in [3.8, 4) is 0 Å². The molecule has 0 bridgehead atoms. The van der Waals surface area contributed by atoms with E-state index in [1.165, 1.54) is 6.07 Å². The van der Waals surface area contributed by atoms with Gasteiger partial charge in [-0.15, -0.1) is 0 Å². The van der Waals surface area contributed by atoms with E-state index in [2.05, 4.69) is 4.40 Å². The van der Waals surface area contributed by atoms with E-state index in [1.54, 1.807) is 25.1 Å². The van der Waals surface area contributed by atoms with Crippen LogP contribution in [0.3, 0.4) is 0 Å². The Hall–Kier alpha value is -0.870. The van der Waals surface area contributed by atoms with Crippen molar-refractivity contribution in [2.24, 2.45) is 4.40 Å². The number of nitrogens with zero attached hydrogens (tertiary/aromatic N) is 1. The number of benzene rings is 1. The van der Waals surface area contributed by atoms with E-state index in [-0.39, 0.29) is 5.82 Å². The lowest BCUT2D eigenvalue weighted by molar-refractivity contribution is 0.593. The summed E-state index contributed by atoms with van der Waals surface area (Å²) in [6.45, 7) is 3.72. The SMILES string of the molecule is CCCC[S+]([O-])N=C(C)c1ccccc1F. The minimum atomic E-state index is -1.24. The van der Waals surface area contributed by atoms with Gasteiger partial charge in [-0.3, -0.25) is 0 Å². The molecule has 0 aromatic heterocycles. The van der Waals surface area contributed by atoms with E-state index in [9.17, 15) is 8.94 Å². The van der Waals surface area contributed by atoms with Crippen LogP contribution in [0.1, 0.15) is 32.3 Å². The highest BCUT2D eigenvalue weighted by atomic mass is 32.2. The highest BCUT2D eigenvalue weighted by molar-refractivity contribution is 7.90. The van der Waals surface area contributed by atoms with Gasteiger partial charge in [0.2, 0.25) is 0 Å². The Morgan fingerprint density at radius 3 is 2.75 bits per heavy atom. The highest BCUT2D eigenvalue weighted by Crippen LogP contribution is 2.10. The molecule has 0 heterocycles. The van der Waals surface area contributed by atoms with Crippen molar-refractivity contribution in [1.29, 1.82) is 0 Å². The van der Waals surface area contributed by atoms with Crippen molar-refractivity contribution in [3.63, 3.8) is 0 Å². The summed E-state index contributed by atoms with van der Waals surface area (Å²) in [6, 6.07) is 6.39. The Labute approximate surface area is 98.9 Å². The first kappa shape index (κ1) is 13.2. The van der Waals surface area contributed by atoms with Gasteiger partial charge in [0.05, 0.1) is 17.1 Å². The molecule has 0 aliphatic rings. The molecule has 1 atom stereocenters. The molecule has 0 aliphatic heterocycles. The van der Waals surface area contributed by atoms with Crippen LogP contribution in [0.5, 0.6) is 0 Å². The average molecular weight is 241 g/mol. The van der Waals surface area contributed by atoms with Crippen LogP contribution in [-0.2, 0) is 11.4 Å². The normalized spacial score (nSPS) is 13.9. The van der Waals surface area contributed by atoms with Crippen LogP contribution < -0.4 is 0 Å². The fraction of sp³-hybridized carbons (Fsp3) is 0.417. The molecule has 0 saturated carbocycles. The lowest BCUT2D eigenvalue weighted by Gasteiger charge is -2.05. The third kappa shape index (κ3) is 3.94. The summed E-state index contributed by atoms with van der Waals surface area (Å²) in [5.74, 6) is 0.221. The molecule has 0 N–H and O–H groups in total. The predicted octanol–water partition coefficient (Wildman–Crippen LogP) is 3.10. The zero-order valence-electron chi connectivity index (χ0n) is 9.57. The second kappa shape index (κ2) is 6.66. The van der Waals surface area contributed by atoms with Gasteiger partial charge in [0, 0.05) is 5.56 Å². The number of unbranched alkanes of at least 4 members (excludes halogenated alkanes) is 1. The average Bonchev–Trinajstić information content (AvgIpc) is 2.26. The second-order valence-electron chi connectivity index (χ2n) is 3.54. The van der Waals surface area contributed by atoms with Crippen LogP contribution in [0, 0.1) is 5.82 Å². The van der Waals surface area contributed by atoms with Crippen LogP contribution >= 0.6 is 0 Å². The first-order valence-electron chi connectivity index (χ1n) is 5.33. The fourth-order valence-corrected chi connectivity index (χ4v) is 2.30. The quantitative estimate of drug-likeness (QED) is 0.576. The molecule has 88 valence electrons. The standard InChI is InChI=1S/C12H16FNOS/c1-3-4-9-16(15)14-10(2)11-7-5-6-8-12(11)13/h5-8H,3-4,9H2,1-2H3. The molecule has 0 fully saturated rings. The van der Waals surface area contributed by atoms with Crippen molar-refractivity contribution in [2.75, 3.05) is 5.75 Å². The van der Waals surface area contributed by atoms with Crippen LogP contribution in [0.25, 0.3) is 0 Å². The Balaban J connectivity index is 2.73. The Bertz CT molecular complexity index is 368. The lowest BCUT2D eigenvalue weighted by atomic mass is 10.1. The molecule has 1 aromatic rings. The molecule has 0 radical (unpaired) electrons. The number of hydrogen-bond acceptors (Lipinski definition) is 2. The van der Waals surface area contributed by atoms with Crippen LogP contribution in [0.15, 0.2) is 28.7 Å². The molecular weight excluding hydrogens is 225 g/mol. The van der Waals surface area contributed by atoms with E-state index in [0.29, 0.717) is 17.0 Å². The maximum atomic E-state index is 13.4. The van der Waals surface area contributed by atoms with Crippen molar-refractivity contribution in [1.82, 2.24) is 0 Å². The Morgan fingerprint density at radius 1 is 1.44 bits per heavy atom. The van der Waals surface area contributed by atoms with Crippen molar-refractivity contribution >= 4 is 17.1 Å². The minimum Gasteiger partial charge on any atom is -0.591 e. The Morgan fingerprint density at radius 2 is 2.12 bits per heavy atom. The summed E-state index contributed by atoms with van der Waals surface area (Å²) in [5.41, 5.74) is 0.917. The summed E-state index contributed by atoms with van der Waals surface area (Å²) in [4.78, 5) is 0. The molecule has 1 aromatic carbocycles. The first-order chi connectivity index (χ1) is 7.65. The number of hydrogen-bond donors (Lipinski definition) is 0. The fourth-order valence-electron chi connectivity index (χ4n) is 1.27. The van der Waals surface area contributed by atoms with Gasteiger partial charge in [-0.1, -0.05) is 35.9 Å². The molecule has 0 aliphatic carbocycles.